The van der Waals surface area contributed by atoms with Gasteiger partial charge in [0.2, 0.25) is 5.16 Å². The Labute approximate surface area is 151 Å². The molecule has 25 heavy (non-hydrogen) atoms. The van der Waals surface area contributed by atoms with E-state index in [1.165, 1.54) is 16.4 Å². The lowest BCUT2D eigenvalue weighted by molar-refractivity contribution is -0.151. The van der Waals surface area contributed by atoms with Crippen LogP contribution in [0.25, 0.3) is 0 Å². The van der Waals surface area contributed by atoms with Gasteiger partial charge < -0.3 is 15.3 Å². The summed E-state index contributed by atoms with van der Waals surface area (Å²) >= 11 is 1.18. The standard InChI is InChI=1S/C17H24N4O3S/c1-11-6-12(2)8-13(7-11)23-9-14-19-20-16(21(14)18)25-10-15(22)24-17(3,4)5/h6-8H,9-10,18H2,1-5H3. The highest BCUT2D eigenvalue weighted by atomic mass is 32.2. The highest BCUT2D eigenvalue weighted by Crippen LogP contribution is 2.19. The van der Waals surface area contributed by atoms with Crippen LogP contribution < -0.4 is 10.6 Å². The molecule has 1 aromatic heterocycles. The first kappa shape index (κ1) is 19.1. The quantitative estimate of drug-likeness (QED) is 0.478. The van der Waals surface area contributed by atoms with E-state index in [0.717, 1.165) is 16.9 Å². The molecule has 0 saturated heterocycles. The zero-order chi connectivity index (χ0) is 18.6. The van der Waals surface area contributed by atoms with Crippen LogP contribution in [-0.4, -0.2) is 32.2 Å². The Bertz CT molecular complexity index is 733. The molecule has 2 aromatic rings. The van der Waals surface area contributed by atoms with Gasteiger partial charge in [0.05, 0.1) is 5.75 Å². The van der Waals surface area contributed by atoms with Crippen LogP contribution in [0.4, 0.5) is 0 Å². The molecule has 0 radical (unpaired) electrons. The topological polar surface area (TPSA) is 92.3 Å². The molecule has 0 fully saturated rings. The van der Waals surface area contributed by atoms with Gasteiger partial charge in [0.25, 0.3) is 0 Å². The fourth-order valence-electron chi connectivity index (χ4n) is 2.16. The van der Waals surface area contributed by atoms with Crippen LogP contribution in [0.5, 0.6) is 5.75 Å². The number of benzene rings is 1. The van der Waals surface area contributed by atoms with Crippen LogP contribution in [0.15, 0.2) is 23.4 Å². The summed E-state index contributed by atoms with van der Waals surface area (Å²) in [5.41, 5.74) is 1.73. The summed E-state index contributed by atoms with van der Waals surface area (Å²) in [6, 6.07) is 5.97. The van der Waals surface area contributed by atoms with Gasteiger partial charge in [-0.3, -0.25) is 4.79 Å². The normalized spacial score (nSPS) is 11.4. The van der Waals surface area contributed by atoms with Crippen molar-refractivity contribution in [3.63, 3.8) is 0 Å². The summed E-state index contributed by atoms with van der Waals surface area (Å²) in [6.07, 6.45) is 0. The SMILES string of the molecule is Cc1cc(C)cc(OCc2nnc(SCC(=O)OC(C)(C)C)n2N)c1. The Morgan fingerprint density at radius 1 is 1.20 bits per heavy atom. The minimum atomic E-state index is -0.515. The van der Waals surface area contributed by atoms with E-state index in [1.54, 1.807) is 0 Å². The fourth-order valence-corrected chi connectivity index (χ4v) is 2.81. The molecule has 8 heteroatoms. The number of hydrogen-bond donors (Lipinski definition) is 1. The zero-order valence-corrected chi connectivity index (χ0v) is 16.0. The van der Waals surface area contributed by atoms with Crippen LogP contribution in [0, 0.1) is 13.8 Å². The molecule has 0 aliphatic carbocycles. The van der Waals surface area contributed by atoms with Crippen molar-refractivity contribution in [3.8, 4) is 5.75 Å². The van der Waals surface area contributed by atoms with Gasteiger partial charge in [-0.05, 0) is 57.9 Å². The largest absolute Gasteiger partial charge is 0.486 e. The molecule has 136 valence electrons. The number of carbonyl (C=O) groups is 1. The van der Waals surface area contributed by atoms with E-state index in [9.17, 15) is 4.79 Å². The predicted octanol–water partition coefficient (Wildman–Crippen LogP) is 2.62. The van der Waals surface area contributed by atoms with Crippen molar-refractivity contribution in [2.45, 2.75) is 52.0 Å². The van der Waals surface area contributed by atoms with Crippen molar-refractivity contribution in [3.05, 3.63) is 35.2 Å². The molecule has 0 atom stereocenters. The molecule has 1 heterocycles. The van der Waals surface area contributed by atoms with Gasteiger partial charge in [-0.1, -0.05) is 17.8 Å². The van der Waals surface area contributed by atoms with E-state index in [2.05, 4.69) is 16.3 Å². The third-order valence-electron chi connectivity index (χ3n) is 3.04. The average molecular weight is 364 g/mol. The molecule has 7 nitrogen and oxygen atoms in total. The lowest BCUT2D eigenvalue weighted by Crippen LogP contribution is -2.25. The number of carbonyl (C=O) groups excluding carboxylic acids is 1. The third-order valence-corrected chi connectivity index (χ3v) is 3.95. The maximum absolute atomic E-state index is 11.8. The highest BCUT2D eigenvalue weighted by Gasteiger charge is 2.18. The van der Waals surface area contributed by atoms with Crippen molar-refractivity contribution in [1.82, 2.24) is 14.9 Å². The second-order valence-electron chi connectivity index (χ2n) is 6.76. The van der Waals surface area contributed by atoms with E-state index in [1.807, 2.05) is 46.8 Å². The molecule has 0 amide bonds. The summed E-state index contributed by atoms with van der Waals surface area (Å²) < 4.78 is 12.3. The van der Waals surface area contributed by atoms with Crippen molar-refractivity contribution >= 4 is 17.7 Å². The maximum atomic E-state index is 11.8. The van der Waals surface area contributed by atoms with E-state index < -0.39 is 5.60 Å². The molecule has 0 bridgehead atoms. The number of ether oxygens (including phenoxy) is 2. The number of thioether (sulfide) groups is 1. The molecule has 1 aromatic carbocycles. The molecular formula is C17H24N4O3S. The second-order valence-corrected chi connectivity index (χ2v) is 7.70. The molecule has 0 aliphatic rings. The molecule has 0 unspecified atom stereocenters. The van der Waals surface area contributed by atoms with E-state index in [-0.39, 0.29) is 18.3 Å². The zero-order valence-electron chi connectivity index (χ0n) is 15.2. The minimum Gasteiger partial charge on any atom is -0.486 e. The maximum Gasteiger partial charge on any atom is 0.316 e. The number of nitrogens with zero attached hydrogens (tertiary/aromatic N) is 3. The smallest absolute Gasteiger partial charge is 0.316 e. The van der Waals surface area contributed by atoms with E-state index in [0.29, 0.717) is 11.0 Å². The number of nitrogens with two attached hydrogens (primary N) is 1. The lowest BCUT2D eigenvalue weighted by Gasteiger charge is -2.19. The Balaban J connectivity index is 1.93. The van der Waals surface area contributed by atoms with Crippen molar-refractivity contribution in [2.24, 2.45) is 0 Å². The second kappa shape index (κ2) is 7.77. The Morgan fingerprint density at radius 2 is 1.84 bits per heavy atom. The number of nitrogen functional groups attached to an aromatic ring is 1. The number of rotatable bonds is 6. The minimum absolute atomic E-state index is 0.116. The van der Waals surface area contributed by atoms with E-state index in [4.69, 9.17) is 15.3 Å². The van der Waals surface area contributed by atoms with Gasteiger partial charge in [0.15, 0.2) is 5.82 Å². The summed E-state index contributed by atoms with van der Waals surface area (Å²) in [4.78, 5) is 11.8. The number of esters is 1. The van der Waals surface area contributed by atoms with Crippen LogP contribution in [0.2, 0.25) is 0 Å². The van der Waals surface area contributed by atoms with Crippen molar-refractivity contribution < 1.29 is 14.3 Å². The van der Waals surface area contributed by atoms with E-state index >= 15 is 0 Å². The summed E-state index contributed by atoms with van der Waals surface area (Å²) in [7, 11) is 0. The van der Waals surface area contributed by atoms with Crippen molar-refractivity contribution in [1.29, 1.82) is 0 Å². The number of aryl methyl sites for hydroxylation is 2. The van der Waals surface area contributed by atoms with Gasteiger partial charge in [0, 0.05) is 0 Å². The predicted molar refractivity (Wildman–Crippen MR) is 97.0 cm³/mol. The molecular weight excluding hydrogens is 340 g/mol. The van der Waals surface area contributed by atoms with Crippen LogP contribution in [0.1, 0.15) is 37.7 Å². The Kier molecular flexibility index (Phi) is 5.94. The first-order valence-corrected chi connectivity index (χ1v) is 8.88. The van der Waals surface area contributed by atoms with Gasteiger partial charge in [0.1, 0.15) is 18.0 Å². The third kappa shape index (κ3) is 5.97. The van der Waals surface area contributed by atoms with Crippen LogP contribution in [0.3, 0.4) is 0 Å². The Morgan fingerprint density at radius 3 is 2.44 bits per heavy atom. The summed E-state index contributed by atoms with van der Waals surface area (Å²) in [6.45, 7) is 9.68. The molecule has 2 rings (SSSR count). The summed E-state index contributed by atoms with van der Waals surface area (Å²) in [5.74, 6) is 7.00. The van der Waals surface area contributed by atoms with Crippen molar-refractivity contribution in [2.75, 3.05) is 11.6 Å². The molecule has 2 N–H and O–H groups in total. The molecule has 0 saturated carbocycles. The van der Waals surface area contributed by atoms with Gasteiger partial charge in [-0.2, -0.15) is 0 Å². The van der Waals surface area contributed by atoms with Gasteiger partial charge in [-0.15, -0.1) is 10.2 Å². The lowest BCUT2D eigenvalue weighted by atomic mass is 10.1. The van der Waals surface area contributed by atoms with Gasteiger partial charge >= 0.3 is 5.97 Å². The fraction of sp³-hybridized carbons (Fsp3) is 0.471. The van der Waals surface area contributed by atoms with Gasteiger partial charge in [-0.25, -0.2) is 4.68 Å². The molecule has 0 aliphatic heterocycles. The highest BCUT2D eigenvalue weighted by molar-refractivity contribution is 7.99. The monoisotopic (exact) mass is 364 g/mol. The molecule has 0 spiro atoms. The Hall–Kier alpha value is -2.22. The number of hydrogen-bond acceptors (Lipinski definition) is 7. The van der Waals surface area contributed by atoms with Crippen LogP contribution in [-0.2, 0) is 16.1 Å². The first-order valence-electron chi connectivity index (χ1n) is 7.89. The van der Waals surface area contributed by atoms with Crippen LogP contribution >= 0.6 is 11.8 Å². The average Bonchev–Trinajstić information content (AvgIpc) is 2.81. The number of aromatic nitrogens is 3. The first-order chi connectivity index (χ1) is 11.6. The summed E-state index contributed by atoms with van der Waals surface area (Å²) in [5, 5.41) is 8.45.